The largest absolute Gasteiger partial charge is 0.460 e. The molecule has 0 saturated carbocycles. The fraction of sp³-hybridized carbons (Fsp3) is 0.778. The summed E-state index contributed by atoms with van der Waals surface area (Å²) in [6, 6.07) is 2.38. The summed E-state index contributed by atoms with van der Waals surface area (Å²) in [6.07, 6.45) is 6.16. The second-order valence-electron chi connectivity index (χ2n) is 7.47. The number of aryl methyl sites for hydroxylation is 1. The van der Waals surface area contributed by atoms with E-state index in [0.29, 0.717) is 6.01 Å². The number of aromatic nitrogens is 2. The third-order valence-electron chi connectivity index (χ3n) is 5.37. The lowest BCUT2D eigenvalue weighted by atomic mass is 9.83. The van der Waals surface area contributed by atoms with Gasteiger partial charge in [0, 0.05) is 57.6 Å². The van der Waals surface area contributed by atoms with Crippen molar-refractivity contribution in [3.63, 3.8) is 0 Å². The molecular weight excluding hydrogens is 306 g/mol. The summed E-state index contributed by atoms with van der Waals surface area (Å²) >= 11 is 0. The van der Waals surface area contributed by atoms with Crippen LogP contribution in [0.4, 0.5) is 0 Å². The number of nitrogens with zero attached hydrogens (tertiary/aromatic N) is 3. The van der Waals surface area contributed by atoms with Gasteiger partial charge in [0.15, 0.2) is 0 Å². The van der Waals surface area contributed by atoms with Crippen molar-refractivity contribution < 1.29 is 14.2 Å². The van der Waals surface area contributed by atoms with Gasteiger partial charge in [-0.1, -0.05) is 0 Å². The second-order valence-corrected chi connectivity index (χ2v) is 7.47. The third kappa shape index (κ3) is 3.71. The Balaban J connectivity index is 1.28. The van der Waals surface area contributed by atoms with Gasteiger partial charge in [-0.2, -0.15) is 0 Å². The molecule has 0 bridgehead atoms. The van der Waals surface area contributed by atoms with Crippen molar-refractivity contribution in [1.29, 1.82) is 0 Å². The van der Waals surface area contributed by atoms with E-state index in [1.165, 1.54) is 19.4 Å². The van der Waals surface area contributed by atoms with Crippen LogP contribution in [0.15, 0.2) is 12.3 Å². The maximum absolute atomic E-state index is 6.13. The van der Waals surface area contributed by atoms with E-state index in [1.54, 1.807) is 6.20 Å². The molecule has 1 aromatic heterocycles. The fourth-order valence-corrected chi connectivity index (χ4v) is 4.13. The first kappa shape index (κ1) is 16.2. The summed E-state index contributed by atoms with van der Waals surface area (Å²) in [7, 11) is 0. The van der Waals surface area contributed by atoms with Crippen molar-refractivity contribution in [2.24, 2.45) is 5.92 Å². The van der Waals surface area contributed by atoms with Crippen molar-refractivity contribution in [3.05, 3.63) is 18.0 Å². The normalized spacial score (nSPS) is 27.8. The predicted octanol–water partition coefficient (Wildman–Crippen LogP) is 1.82. The van der Waals surface area contributed by atoms with Crippen molar-refractivity contribution in [2.75, 3.05) is 39.5 Å². The molecule has 0 N–H and O–H groups in total. The van der Waals surface area contributed by atoms with Gasteiger partial charge in [0.1, 0.15) is 6.10 Å². The molecule has 1 atom stereocenters. The zero-order chi connectivity index (χ0) is 16.4. The van der Waals surface area contributed by atoms with Crippen LogP contribution >= 0.6 is 0 Å². The monoisotopic (exact) mass is 333 g/mol. The van der Waals surface area contributed by atoms with E-state index in [0.717, 1.165) is 57.4 Å². The van der Waals surface area contributed by atoms with Gasteiger partial charge in [0.2, 0.25) is 0 Å². The fourth-order valence-electron chi connectivity index (χ4n) is 4.13. The average molecular weight is 333 g/mol. The van der Waals surface area contributed by atoms with Crippen LogP contribution in [-0.4, -0.2) is 66.0 Å². The van der Waals surface area contributed by atoms with Gasteiger partial charge in [0.05, 0.1) is 12.2 Å². The zero-order valence-electron chi connectivity index (χ0n) is 14.4. The number of likely N-dealkylation sites (tertiary alicyclic amines) is 1. The molecule has 0 radical (unpaired) electrons. The summed E-state index contributed by atoms with van der Waals surface area (Å²) in [5, 5.41) is 0. The van der Waals surface area contributed by atoms with Crippen molar-refractivity contribution in [1.82, 2.24) is 14.9 Å². The average Bonchev–Trinajstić information content (AvgIpc) is 2.55. The van der Waals surface area contributed by atoms with Gasteiger partial charge in [-0.15, -0.1) is 0 Å². The summed E-state index contributed by atoms with van der Waals surface area (Å²) < 4.78 is 17.6. The molecule has 3 aliphatic heterocycles. The molecule has 1 aromatic rings. The topological polar surface area (TPSA) is 56.7 Å². The first-order valence-electron chi connectivity index (χ1n) is 9.11. The van der Waals surface area contributed by atoms with Crippen molar-refractivity contribution >= 4 is 0 Å². The van der Waals surface area contributed by atoms with E-state index >= 15 is 0 Å². The molecule has 0 aliphatic carbocycles. The summed E-state index contributed by atoms with van der Waals surface area (Å²) in [5.41, 5.74) is 0.922. The Bertz CT molecular complexity index is 556. The van der Waals surface area contributed by atoms with E-state index in [-0.39, 0.29) is 11.7 Å². The predicted molar refractivity (Wildman–Crippen MR) is 89.1 cm³/mol. The van der Waals surface area contributed by atoms with Crippen molar-refractivity contribution in [3.8, 4) is 6.01 Å². The van der Waals surface area contributed by atoms with Crippen LogP contribution in [0.25, 0.3) is 0 Å². The highest BCUT2D eigenvalue weighted by molar-refractivity contribution is 5.06. The van der Waals surface area contributed by atoms with E-state index < -0.39 is 0 Å². The molecular formula is C18H27N3O3. The molecule has 3 saturated heterocycles. The molecule has 1 unspecified atom stereocenters. The van der Waals surface area contributed by atoms with Crippen LogP contribution in [0, 0.1) is 12.8 Å². The maximum atomic E-state index is 6.13. The highest BCUT2D eigenvalue weighted by Crippen LogP contribution is 2.36. The molecule has 6 nitrogen and oxygen atoms in total. The minimum absolute atomic E-state index is 0.0160. The van der Waals surface area contributed by atoms with Gasteiger partial charge in [0.25, 0.3) is 0 Å². The molecule has 24 heavy (non-hydrogen) atoms. The van der Waals surface area contributed by atoms with Crippen molar-refractivity contribution in [2.45, 2.75) is 44.3 Å². The van der Waals surface area contributed by atoms with Crippen LogP contribution in [0.5, 0.6) is 6.01 Å². The van der Waals surface area contributed by atoms with Gasteiger partial charge >= 0.3 is 6.01 Å². The van der Waals surface area contributed by atoms with Gasteiger partial charge in [-0.3, -0.25) is 4.90 Å². The lowest BCUT2D eigenvalue weighted by Crippen LogP contribution is -2.66. The Morgan fingerprint density at radius 2 is 2.08 bits per heavy atom. The second kappa shape index (κ2) is 6.94. The van der Waals surface area contributed by atoms with Gasteiger partial charge in [-0.25, -0.2) is 9.97 Å². The first-order valence-corrected chi connectivity index (χ1v) is 9.11. The highest BCUT2D eigenvalue weighted by atomic mass is 16.5. The molecule has 6 heteroatoms. The summed E-state index contributed by atoms with van der Waals surface area (Å²) in [4.78, 5) is 11.1. The number of hydrogen-bond acceptors (Lipinski definition) is 6. The molecule has 4 heterocycles. The van der Waals surface area contributed by atoms with Gasteiger partial charge < -0.3 is 14.2 Å². The molecule has 1 spiro atoms. The zero-order valence-corrected chi connectivity index (χ0v) is 14.4. The highest BCUT2D eigenvalue weighted by Gasteiger charge is 2.48. The SMILES string of the molecule is Cc1ccnc(OC2CCOC3(C2)CN(CC2CCOCC2)C3)n1. The third-order valence-corrected chi connectivity index (χ3v) is 5.37. The smallest absolute Gasteiger partial charge is 0.316 e. The Hall–Kier alpha value is -1.24. The van der Waals surface area contributed by atoms with E-state index in [1.807, 2.05) is 13.0 Å². The summed E-state index contributed by atoms with van der Waals surface area (Å²) in [5.74, 6) is 0.785. The quantitative estimate of drug-likeness (QED) is 0.838. The molecule has 3 aliphatic rings. The Kier molecular flexibility index (Phi) is 4.70. The molecule has 0 aromatic carbocycles. The molecule has 0 amide bonds. The van der Waals surface area contributed by atoms with Crippen LogP contribution in [0.3, 0.4) is 0 Å². The summed E-state index contributed by atoms with van der Waals surface area (Å²) in [6.45, 7) is 7.81. The van der Waals surface area contributed by atoms with E-state index in [4.69, 9.17) is 14.2 Å². The molecule has 3 fully saturated rings. The number of hydrogen-bond donors (Lipinski definition) is 0. The lowest BCUT2D eigenvalue weighted by molar-refractivity contribution is -0.189. The maximum Gasteiger partial charge on any atom is 0.316 e. The molecule has 132 valence electrons. The van der Waals surface area contributed by atoms with Crippen LogP contribution in [0.1, 0.15) is 31.4 Å². The van der Waals surface area contributed by atoms with Crippen LogP contribution < -0.4 is 4.74 Å². The minimum atomic E-state index is -0.0160. The Morgan fingerprint density at radius 3 is 2.88 bits per heavy atom. The van der Waals surface area contributed by atoms with E-state index in [2.05, 4.69) is 14.9 Å². The van der Waals surface area contributed by atoms with Crippen LogP contribution in [-0.2, 0) is 9.47 Å². The standard InChI is InChI=1S/C18H27N3O3/c1-14-2-6-19-17(20-14)24-16-5-9-23-18(10-16)12-21(13-18)11-15-3-7-22-8-4-15/h2,6,15-16H,3-5,7-13H2,1H3. The number of ether oxygens (including phenoxy) is 3. The molecule has 4 rings (SSSR count). The Labute approximate surface area is 143 Å². The minimum Gasteiger partial charge on any atom is -0.460 e. The first-order chi connectivity index (χ1) is 11.7. The van der Waals surface area contributed by atoms with Crippen LogP contribution in [0.2, 0.25) is 0 Å². The number of rotatable bonds is 4. The van der Waals surface area contributed by atoms with E-state index in [9.17, 15) is 0 Å². The lowest BCUT2D eigenvalue weighted by Gasteiger charge is -2.53. The Morgan fingerprint density at radius 1 is 1.25 bits per heavy atom. The van der Waals surface area contributed by atoms with Gasteiger partial charge in [-0.05, 0) is 31.7 Å².